The Morgan fingerprint density at radius 2 is 1.72 bits per heavy atom. The smallest absolute Gasteiger partial charge is 0.113 e. The molecular formula is C14H18O4. The average Bonchev–Trinajstić information content (AvgIpc) is 2.60. The predicted octanol–water partition coefficient (Wildman–Crippen LogP) is 0.470. The van der Waals surface area contributed by atoms with Gasteiger partial charge in [-0.3, -0.25) is 0 Å². The Morgan fingerprint density at radius 3 is 2.28 bits per heavy atom. The summed E-state index contributed by atoms with van der Waals surface area (Å²) in [4.78, 5) is 0. The molecule has 1 aromatic rings. The summed E-state index contributed by atoms with van der Waals surface area (Å²) in [5.74, 6) is -0.555. The van der Waals surface area contributed by atoms with Crippen LogP contribution in [-0.4, -0.2) is 39.7 Å². The van der Waals surface area contributed by atoms with Crippen molar-refractivity contribution in [3.05, 3.63) is 48.6 Å². The van der Waals surface area contributed by atoms with Crippen molar-refractivity contribution >= 4 is 0 Å². The fraction of sp³-hybridized carbons (Fsp3) is 0.429. The van der Waals surface area contributed by atoms with Crippen LogP contribution in [0.4, 0.5) is 0 Å². The van der Waals surface area contributed by atoms with Gasteiger partial charge in [0.1, 0.15) is 12.2 Å². The zero-order chi connectivity index (χ0) is 13.1. The Hall–Kier alpha value is -1.20. The molecule has 1 fully saturated rings. The number of hydrogen-bond acceptors (Lipinski definition) is 4. The van der Waals surface area contributed by atoms with E-state index in [1.165, 1.54) is 6.08 Å². The second-order valence-electron chi connectivity index (χ2n) is 4.55. The molecule has 98 valence electrons. The van der Waals surface area contributed by atoms with Gasteiger partial charge in [0.2, 0.25) is 0 Å². The highest BCUT2D eigenvalue weighted by atomic mass is 16.5. The molecular weight excluding hydrogens is 232 g/mol. The summed E-state index contributed by atoms with van der Waals surface area (Å²) in [6.45, 7) is 3.83. The second-order valence-corrected chi connectivity index (χ2v) is 4.55. The highest BCUT2D eigenvalue weighted by Crippen LogP contribution is 2.30. The maximum absolute atomic E-state index is 9.95. The van der Waals surface area contributed by atoms with Crippen LogP contribution in [0.15, 0.2) is 43.0 Å². The largest absolute Gasteiger partial charge is 0.390 e. The summed E-state index contributed by atoms with van der Waals surface area (Å²) in [5, 5.41) is 29.5. The topological polar surface area (TPSA) is 69.9 Å². The van der Waals surface area contributed by atoms with E-state index in [-0.39, 0.29) is 6.61 Å². The van der Waals surface area contributed by atoms with Gasteiger partial charge in [-0.25, -0.2) is 0 Å². The quantitative estimate of drug-likeness (QED) is 0.679. The lowest BCUT2D eigenvalue weighted by Crippen LogP contribution is -2.35. The first-order chi connectivity index (χ1) is 8.65. The number of ether oxygens (including phenoxy) is 1. The first kappa shape index (κ1) is 13.2. The molecule has 3 N–H and O–H groups in total. The summed E-state index contributed by atoms with van der Waals surface area (Å²) in [6, 6.07) is 9.48. The molecule has 1 aliphatic rings. The van der Waals surface area contributed by atoms with Gasteiger partial charge in [0.15, 0.2) is 0 Å². The first-order valence-corrected chi connectivity index (χ1v) is 5.97. The van der Waals surface area contributed by atoms with E-state index in [9.17, 15) is 15.3 Å². The molecule has 0 aliphatic heterocycles. The molecule has 4 heteroatoms. The molecule has 1 aliphatic carbocycles. The van der Waals surface area contributed by atoms with E-state index in [0.29, 0.717) is 0 Å². The number of aliphatic hydroxyl groups excluding tert-OH is 3. The third-order valence-corrected chi connectivity index (χ3v) is 3.37. The monoisotopic (exact) mass is 250 g/mol. The van der Waals surface area contributed by atoms with Crippen molar-refractivity contribution in [3.63, 3.8) is 0 Å². The maximum atomic E-state index is 9.95. The summed E-state index contributed by atoms with van der Waals surface area (Å²) in [7, 11) is 0. The normalized spacial score (nSPS) is 35.6. The van der Waals surface area contributed by atoms with Crippen LogP contribution in [0.5, 0.6) is 0 Å². The van der Waals surface area contributed by atoms with Crippen LogP contribution in [0.3, 0.4) is 0 Å². The minimum atomic E-state index is -1.09. The molecule has 0 bridgehead atoms. The number of hydrogen-bond donors (Lipinski definition) is 3. The first-order valence-electron chi connectivity index (χ1n) is 5.97. The van der Waals surface area contributed by atoms with Crippen molar-refractivity contribution in [2.24, 2.45) is 5.92 Å². The van der Waals surface area contributed by atoms with E-state index in [0.717, 1.165) is 5.56 Å². The summed E-state index contributed by atoms with van der Waals surface area (Å²) >= 11 is 0. The molecule has 0 spiro atoms. The minimum absolute atomic E-state index is 0.288. The van der Waals surface area contributed by atoms with Crippen LogP contribution in [0.2, 0.25) is 0 Å². The van der Waals surface area contributed by atoms with E-state index in [2.05, 4.69) is 6.58 Å². The van der Waals surface area contributed by atoms with Crippen molar-refractivity contribution in [1.29, 1.82) is 0 Å². The van der Waals surface area contributed by atoms with Crippen LogP contribution in [0.25, 0.3) is 0 Å². The van der Waals surface area contributed by atoms with Gasteiger partial charge in [0.25, 0.3) is 0 Å². The van der Waals surface area contributed by atoms with Crippen LogP contribution < -0.4 is 0 Å². The molecule has 0 radical (unpaired) electrons. The van der Waals surface area contributed by atoms with E-state index in [1.807, 2.05) is 30.3 Å². The fourth-order valence-electron chi connectivity index (χ4n) is 2.29. The molecule has 0 unspecified atom stereocenters. The van der Waals surface area contributed by atoms with Gasteiger partial charge in [-0.2, -0.15) is 0 Å². The van der Waals surface area contributed by atoms with E-state index < -0.39 is 30.3 Å². The van der Waals surface area contributed by atoms with Crippen molar-refractivity contribution in [3.8, 4) is 0 Å². The molecule has 1 saturated carbocycles. The maximum Gasteiger partial charge on any atom is 0.113 e. The van der Waals surface area contributed by atoms with E-state index in [4.69, 9.17) is 4.74 Å². The second kappa shape index (κ2) is 5.63. The number of rotatable bonds is 4. The number of benzene rings is 1. The Balaban J connectivity index is 1.99. The van der Waals surface area contributed by atoms with Crippen LogP contribution in [0.1, 0.15) is 5.56 Å². The summed E-state index contributed by atoms with van der Waals surface area (Å²) in [5.41, 5.74) is 0.952. The molecule has 0 amide bonds. The Morgan fingerprint density at radius 1 is 1.06 bits per heavy atom. The Bertz CT molecular complexity index is 392. The van der Waals surface area contributed by atoms with Gasteiger partial charge < -0.3 is 20.1 Å². The Labute approximate surface area is 106 Å². The Kier molecular flexibility index (Phi) is 4.14. The van der Waals surface area contributed by atoms with Gasteiger partial charge in [0.05, 0.1) is 18.8 Å². The van der Waals surface area contributed by atoms with Gasteiger partial charge in [-0.1, -0.05) is 36.4 Å². The van der Waals surface area contributed by atoms with Crippen LogP contribution in [-0.2, 0) is 11.3 Å². The molecule has 2 rings (SSSR count). The number of aliphatic hydroxyl groups is 3. The summed E-state index contributed by atoms with van der Waals surface area (Å²) < 4.78 is 5.51. The molecule has 0 saturated heterocycles. The highest BCUT2D eigenvalue weighted by Gasteiger charge is 2.48. The zero-order valence-electron chi connectivity index (χ0n) is 10.0. The SMILES string of the molecule is C=C[C@H]1[C@@H](O)[C@H](OCc2ccccc2)[C@@H](O)[C@@H]1O. The van der Waals surface area contributed by atoms with Crippen LogP contribution >= 0.6 is 0 Å². The lowest BCUT2D eigenvalue weighted by molar-refractivity contribution is -0.0892. The summed E-state index contributed by atoms with van der Waals surface area (Å²) in [6.07, 6.45) is -2.39. The van der Waals surface area contributed by atoms with Gasteiger partial charge in [-0.15, -0.1) is 6.58 Å². The van der Waals surface area contributed by atoms with Crippen LogP contribution in [0, 0.1) is 5.92 Å². The lowest BCUT2D eigenvalue weighted by Gasteiger charge is -2.19. The molecule has 4 nitrogen and oxygen atoms in total. The minimum Gasteiger partial charge on any atom is -0.390 e. The molecule has 18 heavy (non-hydrogen) atoms. The molecule has 5 atom stereocenters. The highest BCUT2D eigenvalue weighted by molar-refractivity contribution is 5.14. The van der Waals surface area contributed by atoms with E-state index in [1.54, 1.807) is 0 Å². The predicted molar refractivity (Wildman–Crippen MR) is 66.7 cm³/mol. The molecule has 0 aromatic heterocycles. The third kappa shape index (κ3) is 2.47. The van der Waals surface area contributed by atoms with Crippen molar-refractivity contribution < 1.29 is 20.1 Å². The average molecular weight is 250 g/mol. The van der Waals surface area contributed by atoms with Gasteiger partial charge in [-0.05, 0) is 5.56 Å². The standard InChI is InChI=1S/C14H18O4/c1-2-10-11(15)13(17)14(12(10)16)18-8-9-6-4-3-5-7-9/h2-7,10-17H,1,8H2/t10-,11-,12-,13+,14+/m1/s1. The van der Waals surface area contributed by atoms with Gasteiger partial charge >= 0.3 is 0 Å². The van der Waals surface area contributed by atoms with Crippen molar-refractivity contribution in [2.75, 3.05) is 0 Å². The van der Waals surface area contributed by atoms with E-state index >= 15 is 0 Å². The third-order valence-electron chi connectivity index (χ3n) is 3.37. The van der Waals surface area contributed by atoms with Crippen molar-refractivity contribution in [1.82, 2.24) is 0 Å². The van der Waals surface area contributed by atoms with Gasteiger partial charge in [0, 0.05) is 5.92 Å². The zero-order valence-corrected chi connectivity index (χ0v) is 10.0. The van der Waals surface area contributed by atoms with Crippen molar-refractivity contribution in [2.45, 2.75) is 31.0 Å². The fourth-order valence-corrected chi connectivity index (χ4v) is 2.29. The molecule has 1 aromatic carbocycles. The molecule has 0 heterocycles. The lowest BCUT2D eigenvalue weighted by atomic mass is 10.0.